The molecule has 8 heteroatoms. The molecule has 0 unspecified atom stereocenters. The van der Waals surface area contributed by atoms with E-state index < -0.39 is 15.4 Å². The van der Waals surface area contributed by atoms with E-state index in [1.54, 1.807) is 30.3 Å². The van der Waals surface area contributed by atoms with Crippen molar-refractivity contribution in [1.29, 1.82) is 0 Å². The normalized spacial score (nSPS) is 16.7. The number of benzene rings is 2. The SMILES string of the molecule is Cc1nc(COC(=O)C2(c3ccccc3)CCN(S(=O)(=O)c3ccccc3)CC2)cs1. The van der Waals surface area contributed by atoms with E-state index in [4.69, 9.17) is 4.74 Å². The van der Waals surface area contributed by atoms with Crippen LogP contribution in [0.4, 0.5) is 0 Å². The number of aryl methyl sites for hydroxylation is 1. The topological polar surface area (TPSA) is 76.6 Å². The minimum Gasteiger partial charge on any atom is -0.458 e. The molecule has 1 saturated heterocycles. The lowest BCUT2D eigenvalue weighted by atomic mass is 9.73. The van der Waals surface area contributed by atoms with Crippen LogP contribution in [-0.2, 0) is 31.6 Å². The van der Waals surface area contributed by atoms with E-state index in [0.29, 0.717) is 12.8 Å². The van der Waals surface area contributed by atoms with Crippen molar-refractivity contribution >= 4 is 27.3 Å². The smallest absolute Gasteiger partial charge is 0.317 e. The van der Waals surface area contributed by atoms with Gasteiger partial charge in [0.05, 0.1) is 21.0 Å². The molecule has 1 aliphatic heterocycles. The zero-order chi connectivity index (χ0) is 21.9. The van der Waals surface area contributed by atoms with Crippen LogP contribution in [0.25, 0.3) is 0 Å². The molecule has 3 aromatic rings. The fourth-order valence-corrected chi connectivity index (χ4v) is 6.03. The summed E-state index contributed by atoms with van der Waals surface area (Å²) in [5.74, 6) is -0.332. The van der Waals surface area contributed by atoms with Gasteiger partial charge in [-0.15, -0.1) is 11.3 Å². The van der Waals surface area contributed by atoms with E-state index >= 15 is 0 Å². The van der Waals surface area contributed by atoms with E-state index in [1.807, 2.05) is 42.6 Å². The second kappa shape index (κ2) is 8.90. The number of aromatic nitrogens is 1. The number of carbonyl (C=O) groups excluding carboxylic acids is 1. The monoisotopic (exact) mass is 456 g/mol. The molecule has 0 N–H and O–H groups in total. The Labute approximate surface area is 186 Å². The fourth-order valence-electron chi connectivity index (χ4n) is 3.97. The number of carbonyl (C=O) groups is 1. The van der Waals surface area contributed by atoms with E-state index in [2.05, 4.69) is 4.98 Å². The van der Waals surface area contributed by atoms with Crippen molar-refractivity contribution in [3.8, 4) is 0 Å². The Kier molecular flexibility index (Phi) is 6.22. The Balaban J connectivity index is 1.55. The predicted molar refractivity (Wildman–Crippen MR) is 119 cm³/mol. The number of thiazole rings is 1. The lowest BCUT2D eigenvalue weighted by Gasteiger charge is -2.39. The molecular formula is C23H24N2O4S2. The summed E-state index contributed by atoms with van der Waals surface area (Å²) in [4.78, 5) is 17.9. The largest absolute Gasteiger partial charge is 0.458 e. The first-order valence-corrected chi connectivity index (χ1v) is 12.4. The van der Waals surface area contributed by atoms with Crippen LogP contribution < -0.4 is 0 Å². The number of hydrogen-bond acceptors (Lipinski definition) is 6. The van der Waals surface area contributed by atoms with Crippen molar-refractivity contribution in [3.05, 3.63) is 82.3 Å². The van der Waals surface area contributed by atoms with Gasteiger partial charge in [-0.2, -0.15) is 4.31 Å². The van der Waals surface area contributed by atoms with Crippen LogP contribution in [0.15, 0.2) is 70.9 Å². The van der Waals surface area contributed by atoms with Crippen molar-refractivity contribution in [2.75, 3.05) is 13.1 Å². The number of hydrogen-bond donors (Lipinski definition) is 0. The van der Waals surface area contributed by atoms with Gasteiger partial charge < -0.3 is 4.74 Å². The molecule has 0 aliphatic carbocycles. The zero-order valence-corrected chi connectivity index (χ0v) is 18.9. The zero-order valence-electron chi connectivity index (χ0n) is 17.2. The first kappa shape index (κ1) is 21.7. The van der Waals surface area contributed by atoms with Crippen molar-refractivity contribution in [3.63, 3.8) is 0 Å². The molecular weight excluding hydrogens is 432 g/mol. The molecule has 0 spiro atoms. The van der Waals surface area contributed by atoms with Gasteiger partial charge in [-0.3, -0.25) is 4.79 Å². The predicted octanol–water partition coefficient (Wildman–Crippen LogP) is 3.92. The summed E-state index contributed by atoms with van der Waals surface area (Å²) >= 11 is 1.51. The molecule has 1 aliphatic rings. The van der Waals surface area contributed by atoms with Gasteiger partial charge in [-0.25, -0.2) is 13.4 Å². The average Bonchev–Trinajstić information content (AvgIpc) is 3.23. The third kappa shape index (κ3) is 4.42. The maximum absolute atomic E-state index is 13.3. The van der Waals surface area contributed by atoms with Gasteiger partial charge in [-0.1, -0.05) is 48.5 Å². The molecule has 162 valence electrons. The molecule has 4 rings (SSSR count). The highest BCUT2D eigenvalue weighted by molar-refractivity contribution is 7.89. The lowest BCUT2D eigenvalue weighted by molar-refractivity contribution is -0.154. The average molecular weight is 457 g/mol. The van der Waals surface area contributed by atoms with Crippen LogP contribution >= 0.6 is 11.3 Å². The van der Waals surface area contributed by atoms with Gasteiger partial charge in [0.25, 0.3) is 0 Å². The summed E-state index contributed by atoms with van der Waals surface area (Å²) in [6.07, 6.45) is 0.718. The molecule has 0 bridgehead atoms. The summed E-state index contributed by atoms with van der Waals surface area (Å²) in [7, 11) is -3.60. The number of sulfonamides is 1. The minimum absolute atomic E-state index is 0.115. The van der Waals surface area contributed by atoms with E-state index in [0.717, 1.165) is 16.3 Å². The summed E-state index contributed by atoms with van der Waals surface area (Å²) in [5, 5.41) is 2.80. The quantitative estimate of drug-likeness (QED) is 0.526. The molecule has 0 radical (unpaired) electrons. The maximum atomic E-state index is 13.3. The van der Waals surface area contributed by atoms with Gasteiger partial charge in [0.1, 0.15) is 6.61 Å². The van der Waals surface area contributed by atoms with Crippen LogP contribution in [0, 0.1) is 6.92 Å². The Bertz CT molecular complexity index is 1140. The van der Waals surface area contributed by atoms with E-state index in [-0.39, 0.29) is 30.6 Å². The highest BCUT2D eigenvalue weighted by atomic mass is 32.2. The van der Waals surface area contributed by atoms with Gasteiger partial charge in [0, 0.05) is 18.5 Å². The second-order valence-electron chi connectivity index (χ2n) is 7.60. The van der Waals surface area contributed by atoms with E-state index in [9.17, 15) is 13.2 Å². The molecule has 1 aromatic heterocycles. The molecule has 6 nitrogen and oxygen atoms in total. The van der Waals surface area contributed by atoms with Crippen LogP contribution in [0.3, 0.4) is 0 Å². The van der Waals surface area contributed by atoms with Crippen LogP contribution in [0.1, 0.15) is 29.1 Å². The third-order valence-electron chi connectivity index (χ3n) is 5.69. The van der Waals surface area contributed by atoms with Crippen molar-refractivity contribution in [2.45, 2.75) is 36.7 Å². The standard InChI is InChI=1S/C23H24N2O4S2/c1-18-24-20(17-30-18)16-29-22(26)23(19-8-4-2-5-9-19)12-14-25(15-13-23)31(27,28)21-10-6-3-7-11-21/h2-11,17H,12-16H2,1H3. The lowest BCUT2D eigenvalue weighted by Crippen LogP contribution is -2.49. The summed E-state index contributed by atoms with van der Waals surface area (Å²) in [5.41, 5.74) is 0.698. The summed E-state index contributed by atoms with van der Waals surface area (Å²) < 4.78 is 33.2. The Morgan fingerprint density at radius 2 is 1.68 bits per heavy atom. The number of piperidine rings is 1. The highest BCUT2D eigenvalue weighted by Gasteiger charge is 2.46. The van der Waals surface area contributed by atoms with Gasteiger partial charge in [-0.05, 0) is 37.5 Å². The number of nitrogens with zero attached hydrogens (tertiary/aromatic N) is 2. The number of ether oxygens (including phenoxy) is 1. The molecule has 0 atom stereocenters. The fraction of sp³-hybridized carbons (Fsp3) is 0.304. The third-order valence-corrected chi connectivity index (χ3v) is 8.43. The Morgan fingerprint density at radius 3 is 2.26 bits per heavy atom. The second-order valence-corrected chi connectivity index (χ2v) is 10.6. The van der Waals surface area contributed by atoms with Crippen molar-refractivity contribution in [2.24, 2.45) is 0 Å². The highest BCUT2D eigenvalue weighted by Crippen LogP contribution is 2.38. The first-order valence-electron chi connectivity index (χ1n) is 10.1. The van der Waals surface area contributed by atoms with Gasteiger partial charge >= 0.3 is 5.97 Å². The Morgan fingerprint density at radius 1 is 1.06 bits per heavy atom. The number of rotatable bonds is 6. The van der Waals surface area contributed by atoms with Gasteiger partial charge in [0.15, 0.2) is 0 Å². The van der Waals surface area contributed by atoms with Crippen molar-refractivity contribution in [1.82, 2.24) is 9.29 Å². The molecule has 31 heavy (non-hydrogen) atoms. The van der Waals surface area contributed by atoms with Crippen LogP contribution in [0.2, 0.25) is 0 Å². The molecule has 2 aromatic carbocycles. The summed E-state index contributed by atoms with van der Waals surface area (Å²) in [6.45, 7) is 2.52. The molecule has 0 saturated carbocycles. The van der Waals surface area contributed by atoms with E-state index in [1.165, 1.54) is 15.6 Å². The first-order chi connectivity index (χ1) is 14.9. The molecule has 1 fully saturated rings. The van der Waals surface area contributed by atoms with Crippen molar-refractivity contribution < 1.29 is 17.9 Å². The Hall–Kier alpha value is -2.55. The molecule has 2 heterocycles. The van der Waals surface area contributed by atoms with Gasteiger partial charge in [0.2, 0.25) is 10.0 Å². The summed E-state index contributed by atoms with van der Waals surface area (Å²) in [6, 6.07) is 17.9. The maximum Gasteiger partial charge on any atom is 0.317 e. The van der Waals surface area contributed by atoms with Crippen LogP contribution in [-0.4, -0.2) is 36.8 Å². The minimum atomic E-state index is -3.60. The number of esters is 1. The van der Waals surface area contributed by atoms with Crippen LogP contribution in [0.5, 0.6) is 0 Å². The molecule has 0 amide bonds.